The molecule has 0 saturated carbocycles. The molecule has 0 radical (unpaired) electrons. The van der Waals surface area contributed by atoms with Crippen molar-refractivity contribution in [2.24, 2.45) is 0 Å². The van der Waals surface area contributed by atoms with Gasteiger partial charge in [-0.15, -0.1) is 0 Å². The van der Waals surface area contributed by atoms with Gasteiger partial charge in [0.25, 0.3) is 0 Å². The van der Waals surface area contributed by atoms with E-state index in [0.29, 0.717) is 11.0 Å². The molecule has 0 aliphatic carbocycles. The molecule has 2 aromatic carbocycles. The average molecular weight is 457 g/mol. The Balaban J connectivity index is 1.98. The first kappa shape index (κ1) is 14.7. The van der Waals surface area contributed by atoms with E-state index < -0.39 is 0 Å². The van der Waals surface area contributed by atoms with Crippen LogP contribution in [-0.4, -0.2) is 9.55 Å². The van der Waals surface area contributed by atoms with Gasteiger partial charge in [0.15, 0.2) is 0 Å². The fourth-order valence-electron chi connectivity index (χ4n) is 2.18. The second kappa shape index (κ2) is 6.27. The summed E-state index contributed by atoms with van der Waals surface area (Å²) < 4.78 is 17.3. The van der Waals surface area contributed by atoms with Crippen molar-refractivity contribution in [3.05, 3.63) is 74.3 Å². The molecule has 0 N–H and O–H groups in total. The van der Waals surface area contributed by atoms with Crippen molar-refractivity contribution in [3.63, 3.8) is 0 Å². The molecule has 5 heteroatoms. The largest absolute Gasteiger partial charge is 0.327 e. The summed E-state index contributed by atoms with van der Waals surface area (Å²) in [6, 6.07) is 13.2. The number of halogens is 3. The van der Waals surface area contributed by atoms with Crippen LogP contribution >= 0.6 is 38.5 Å². The van der Waals surface area contributed by atoms with Crippen LogP contribution in [0.4, 0.5) is 4.39 Å². The van der Waals surface area contributed by atoms with Gasteiger partial charge in [0, 0.05) is 21.5 Å². The van der Waals surface area contributed by atoms with Gasteiger partial charge in [0.1, 0.15) is 11.6 Å². The van der Waals surface area contributed by atoms with E-state index >= 15 is 0 Å². The first-order valence-corrected chi connectivity index (χ1v) is 8.22. The summed E-state index contributed by atoms with van der Waals surface area (Å²) in [5.41, 5.74) is 1.94. The molecule has 0 unspecified atom stereocenters. The Labute approximate surface area is 144 Å². The molecular weight excluding hydrogens is 446 g/mol. The monoisotopic (exact) mass is 456 g/mol. The zero-order valence-electron chi connectivity index (χ0n) is 10.9. The van der Waals surface area contributed by atoms with Gasteiger partial charge in [0.2, 0.25) is 0 Å². The molecule has 106 valence electrons. The standard InChI is InChI=1S/C16H11BrFIN2/c17-15-12(4-2-6-14(15)18)10-21-8-7-20-16(21)11-3-1-5-13(19)9-11/h1-9H,10H2. The molecule has 0 atom stereocenters. The van der Waals surface area contributed by atoms with Crippen LogP contribution in [0.25, 0.3) is 11.4 Å². The second-order valence-electron chi connectivity index (χ2n) is 4.60. The number of nitrogens with zero attached hydrogens (tertiary/aromatic N) is 2. The first-order valence-electron chi connectivity index (χ1n) is 6.35. The van der Waals surface area contributed by atoms with Crippen molar-refractivity contribution in [2.45, 2.75) is 6.54 Å². The number of hydrogen-bond acceptors (Lipinski definition) is 1. The summed E-state index contributed by atoms with van der Waals surface area (Å²) in [5.74, 6) is 0.633. The Kier molecular flexibility index (Phi) is 4.40. The zero-order valence-corrected chi connectivity index (χ0v) is 14.7. The molecule has 0 bridgehead atoms. The maximum Gasteiger partial charge on any atom is 0.140 e. The van der Waals surface area contributed by atoms with E-state index in [1.165, 1.54) is 6.07 Å². The highest BCUT2D eigenvalue weighted by Gasteiger charge is 2.10. The van der Waals surface area contributed by atoms with E-state index in [9.17, 15) is 4.39 Å². The minimum absolute atomic E-state index is 0.247. The number of benzene rings is 2. The highest BCUT2D eigenvalue weighted by atomic mass is 127. The van der Waals surface area contributed by atoms with Crippen LogP contribution in [0.3, 0.4) is 0 Å². The van der Waals surface area contributed by atoms with Crippen LogP contribution in [0.2, 0.25) is 0 Å². The molecule has 3 aromatic rings. The van der Waals surface area contributed by atoms with Gasteiger partial charge in [-0.1, -0.05) is 24.3 Å². The van der Waals surface area contributed by atoms with Crippen LogP contribution in [-0.2, 0) is 6.54 Å². The van der Waals surface area contributed by atoms with Gasteiger partial charge in [-0.25, -0.2) is 9.37 Å². The maximum absolute atomic E-state index is 13.6. The van der Waals surface area contributed by atoms with E-state index in [-0.39, 0.29) is 5.82 Å². The number of hydrogen-bond donors (Lipinski definition) is 0. The van der Waals surface area contributed by atoms with Gasteiger partial charge in [-0.05, 0) is 62.3 Å². The van der Waals surface area contributed by atoms with Crippen molar-refractivity contribution >= 4 is 38.5 Å². The van der Waals surface area contributed by atoms with Crippen molar-refractivity contribution in [3.8, 4) is 11.4 Å². The van der Waals surface area contributed by atoms with Crippen LogP contribution in [0.5, 0.6) is 0 Å². The molecule has 1 aromatic heterocycles. The molecule has 0 fully saturated rings. The Hall–Kier alpha value is -1.21. The summed E-state index contributed by atoms with van der Waals surface area (Å²) in [7, 11) is 0. The lowest BCUT2D eigenvalue weighted by atomic mass is 10.2. The zero-order chi connectivity index (χ0) is 14.8. The fraction of sp³-hybridized carbons (Fsp3) is 0.0625. The van der Waals surface area contributed by atoms with Gasteiger partial charge < -0.3 is 4.57 Å². The second-order valence-corrected chi connectivity index (χ2v) is 6.64. The minimum Gasteiger partial charge on any atom is -0.327 e. The molecule has 3 rings (SSSR count). The predicted octanol–water partition coefficient (Wildman–Crippen LogP) is 5.10. The highest BCUT2D eigenvalue weighted by molar-refractivity contribution is 14.1. The lowest BCUT2D eigenvalue weighted by Gasteiger charge is -2.10. The van der Waals surface area contributed by atoms with Gasteiger partial charge in [0.05, 0.1) is 11.0 Å². The lowest BCUT2D eigenvalue weighted by Crippen LogP contribution is -2.02. The lowest BCUT2D eigenvalue weighted by molar-refractivity contribution is 0.616. The maximum atomic E-state index is 13.6. The van der Waals surface area contributed by atoms with Crippen molar-refractivity contribution in [2.75, 3.05) is 0 Å². The topological polar surface area (TPSA) is 17.8 Å². The Morgan fingerprint density at radius 1 is 1.19 bits per heavy atom. The Morgan fingerprint density at radius 3 is 2.81 bits per heavy atom. The normalized spacial score (nSPS) is 10.8. The predicted molar refractivity (Wildman–Crippen MR) is 93.6 cm³/mol. The van der Waals surface area contributed by atoms with Crippen molar-refractivity contribution in [1.82, 2.24) is 9.55 Å². The summed E-state index contributed by atoms with van der Waals surface area (Å²) in [6.07, 6.45) is 3.68. The molecule has 21 heavy (non-hydrogen) atoms. The van der Waals surface area contributed by atoms with Crippen molar-refractivity contribution in [1.29, 1.82) is 0 Å². The van der Waals surface area contributed by atoms with E-state index in [2.05, 4.69) is 49.6 Å². The third-order valence-electron chi connectivity index (χ3n) is 3.17. The van der Waals surface area contributed by atoms with Crippen LogP contribution in [0.1, 0.15) is 5.56 Å². The van der Waals surface area contributed by atoms with E-state index in [0.717, 1.165) is 20.5 Å². The van der Waals surface area contributed by atoms with Gasteiger partial charge in [-0.2, -0.15) is 0 Å². The van der Waals surface area contributed by atoms with Crippen LogP contribution < -0.4 is 0 Å². The molecule has 0 aliphatic heterocycles. The first-order chi connectivity index (χ1) is 10.1. The average Bonchev–Trinajstić information content (AvgIpc) is 2.92. The SMILES string of the molecule is Fc1cccc(Cn2ccnc2-c2cccc(I)c2)c1Br. The van der Waals surface area contributed by atoms with Crippen LogP contribution in [0, 0.1) is 9.39 Å². The third kappa shape index (κ3) is 3.18. The molecule has 1 heterocycles. The van der Waals surface area contributed by atoms with E-state index in [1.807, 2.05) is 35.0 Å². The third-order valence-corrected chi connectivity index (χ3v) is 4.73. The molecule has 0 aliphatic rings. The quantitative estimate of drug-likeness (QED) is 0.501. The number of aromatic nitrogens is 2. The molecule has 2 nitrogen and oxygen atoms in total. The summed E-state index contributed by atoms with van der Waals surface area (Å²) >= 11 is 5.59. The van der Waals surface area contributed by atoms with Gasteiger partial charge in [-0.3, -0.25) is 0 Å². The molecule has 0 amide bonds. The molecular formula is C16H11BrFIN2. The number of rotatable bonds is 3. The number of imidazole rings is 1. The Morgan fingerprint density at radius 2 is 2.00 bits per heavy atom. The highest BCUT2D eigenvalue weighted by Crippen LogP contribution is 2.24. The fourth-order valence-corrected chi connectivity index (χ4v) is 3.11. The summed E-state index contributed by atoms with van der Waals surface area (Å²) in [4.78, 5) is 4.43. The van der Waals surface area contributed by atoms with Crippen LogP contribution in [0.15, 0.2) is 59.3 Å². The van der Waals surface area contributed by atoms with Crippen molar-refractivity contribution < 1.29 is 4.39 Å². The summed E-state index contributed by atoms with van der Waals surface area (Å²) in [5, 5.41) is 0. The van der Waals surface area contributed by atoms with E-state index in [1.54, 1.807) is 12.3 Å². The molecule has 0 spiro atoms. The molecule has 0 saturated heterocycles. The van der Waals surface area contributed by atoms with Gasteiger partial charge >= 0.3 is 0 Å². The minimum atomic E-state index is -0.247. The Bertz CT molecular complexity index is 785. The summed E-state index contributed by atoms with van der Waals surface area (Å²) in [6.45, 7) is 0.569. The van der Waals surface area contributed by atoms with E-state index in [4.69, 9.17) is 0 Å². The smallest absolute Gasteiger partial charge is 0.140 e.